The number of hydrogen-bond donors (Lipinski definition) is 2. The van der Waals surface area contributed by atoms with Crippen molar-refractivity contribution in [1.29, 1.82) is 0 Å². The van der Waals surface area contributed by atoms with Crippen LogP contribution in [0.4, 0.5) is 0 Å². The summed E-state index contributed by atoms with van der Waals surface area (Å²) in [5.74, 6) is 0.0317. The number of fused-ring (bicyclic) bond motifs is 1. The van der Waals surface area contributed by atoms with Crippen molar-refractivity contribution in [1.82, 2.24) is 10.3 Å². The molecule has 4 nitrogen and oxygen atoms in total. The summed E-state index contributed by atoms with van der Waals surface area (Å²) >= 11 is 0. The lowest BCUT2D eigenvalue weighted by Gasteiger charge is -2.07. The predicted octanol–water partition coefficient (Wildman–Crippen LogP) is 1.91. The molecule has 0 bridgehead atoms. The topological polar surface area (TPSA) is 62.0 Å². The Kier molecular flexibility index (Phi) is 3.46. The minimum absolute atomic E-state index is 0.161. The second kappa shape index (κ2) is 5.04. The SMILES string of the molecule is CC(C)CNC(=O)c1cc2ccccc2[nH]c1=O. The molecule has 1 heterocycles. The molecule has 0 saturated heterocycles. The summed E-state index contributed by atoms with van der Waals surface area (Å²) in [6.07, 6.45) is 0. The first-order valence-electron chi connectivity index (χ1n) is 5.98. The number of benzene rings is 1. The zero-order chi connectivity index (χ0) is 13.1. The van der Waals surface area contributed by atoms with Gasteiger partial charge in [0.1, 0.15) is 5.56 Å². The summed E-state index contributed by atoms with van der Waals surface area (Å²) in [6, 6.07) is 9.02. The van der Waals surface area contributed by atoms with E-state index in [2.05, 4.69) is 10.3 Å². The second-order valence-corrected chi connectivity index (χ2v) is 4.70. The van der Waals surface area contributed by atoms with Crippen LogP contribution >= 0.6 is 0 Å². The molecule has 0 spiro atoms. The van der Waals surface area contributed by atoms with Crippen molar-refractivity contribution in [2.75, 3.05) is 6.54 Å². The largest absolute Gasteiger partial charge is 0.352 e. The Morgan fingerprint density at radius 3 is 2.78 bits per heavy atom. The second-order valence-electron chi connectivity index (χ2n) is 4.70. The van der Waals surface area contributed by atoms with E-state index in [1.54, 1.807) is 6.07 Å². The van der Waals surface area contributed by atoms with Gasteiger partial charge in [-0.3, -0.25) is 9.59 Å². The fourth-order valence-electron chi connectivity index (χ4n) is 1.71. The highest BCUT2D eigenvalue weighted by atomic mass is 16.2. The number of carbonyl (C=O) groups is 1. The molecule has 0 unspecified atom stereocenters. The van der Waals surface area contributed by atoms with Gasteiger partial charge in [0.15, 0.2) is 0 Å². The molecule has 0 atom stereocenters. The van der Waals surface area contributed by atoms with Crippen LogP contribution < -0.4 is 10.9 Å². The molecule has 2 aromatic rings. The van der Waals surface area contributed by atoms with Crippen molar-refractivity contribution >= 4 is 16.8 Å². The van der Waals surface area contributed by atoms with Gasteiger partial charge in [0.05, 0.1) is 0 Å². The summed E-state index contributed by atoms with van der Waals surface area (Å²) in [6.45, 7) is 4.57. The van der Waals surface area contributed by atoms with E-state index in [0.29, 0.717) is 12.5 Å². The van der Waals surface area contributed by atoms with Gasteiger partial charge in [-0.05, 0) is 23.4 Å². The first kappa shape index (κ1) is 12.4. The number of aromatic nitrogens is 1. The minimum Gasteiger partial charge on any atom is -0.352 e. The van der Waals surface area contributed by atoms with Crippen molar-refractivity contribution in [3.05, 3.63) is 46.2 Å². The Labute approximate surface area is 105 Å². The minimum atomic E-state index is -0.352. The average Bonchev–Trinajstić information content (AvgIpc) is 2.35. The highest BCUT2D eigenvalue weighted by molar-refractivity contribution is 5.97. The van der Waals surface area contributed by atoms with E-state index in [-0.39, 0.29) is 17.0 Å². The van der Waals surface area contributed by atoms with Gasteiger partial charge >= 0.3 is 0 Å². The lowest BCUT2D eigenvalue weighted by Crippen LogP contribution is -2.31. The van der Waals surface area contributed by atoms with E-state index in [0.717, 1.165) is 10.9 Å². The van der Waals surface area contributed by atoms with Crippen LogP contribution in [0, 0.1) is 5.92 Å². The van der Waals surface area contributed by atoms with Gasteiger partial charge in [0.25, 0.3) is 11.5 Å². The molecule has 1 amide bonds. The van der Waals surface area contributed by atoms with Crippen molar-refractivity contribution in [2.24, 2.45) is 5.92 Å². The Hall–Kier alpha value is -2.10. The fraction of sp³-hybridized carbons (Fsp3) is 0.286. The molecule has 94 valence electrons. The number of H-pyrrole nitrogens is 1. The van der Waals surface area contributed by atoms with Crippen LogP contribution in [0.5, 0.6) is 0 Å². The molecule has 1 aromatic carbocycles. The van der Waals surface area contributed by atoms with Crippen molar-refractivity contribution in [2.45, 2.75) is 13.8 Å². The van der Waals surface area contributed by atoms with Gasteiger partial charge in [0, 0.05) is 12.1 Å². The Morgan fingerprint density at radius 1 is 1.33 bits per heavy atom. The lowest BCUT2D eigenvalue weighted by molar-refractivity contribution is 0.0947. The Balaban J connectivity index is 2.36. The summed E-state index contributed by atoms with van der Waals surface area (Å²) in [5, 5.41) is 3.60. The first-order chi connectivity index (χ1) is 8.58. The van der Waals surface area contributed by atoms with E-state index in [9.17, 15) is 9.59 Å². The molecule has 0 aliphatic heterocycles. The van der Waals surface area contributed by atoms with Crippen LogP contribution in [0.15, 0.2) is 35.1 Å². The fourth-order valence-corrected chi connectivity index (χ4v) is 1.71. The van der Waals surface area contributed by atoms with Crippen molar-refractivity contribution in [3.8, 4) is 0 Å². The number of rotatable bonds is 3. The molecule has 1 aromatic heterocycles. The van der Waals surface area contributed by atoms with E-state index < -0.39 is 0 Å². The van der Waals surface area contributed by atoms with Crippen LogP contribution in [0.2, 0.25) is 0 Å². The molecule has 0 aliphatic carbocycles. The normalized spacial score (nSPS) is 10.8. The van der Waals surface area contributed by atoms with Crippen LogP contribution in [-0.4, -0.2) is 17.4 Å². The van der Waals surface area contributed by atoms with Gasteiger partial charge in [-0.2, -0.15) is 0 Å². The maximum absolute atomic E-state index is 11.9. The summed E-state index contributed by atoms with van der Waals surface area (Å²) in [7, 11) is 0. The van der Waals surface area contributed by atoms with E-state index in [1.165, 1.54) is 0 Å². The zero-order valence-corrected chi connectivity index (χ0v) is 10.5. The molecule has 4 heteroatoms. The molecule has 2 rings (SSSR count). The standard InChI is InChI=1S/C14H16N2O2/c1-9(2)8-15-13(17)11-7-10-5-3-4-6-12(10)16-14(11)18/h3-7,9H,8H2,1-2H3,(H,15,17)(H,16,18). The third-order valence-corrected chi connectivity index (χ3v) is 2.67. The van der Waals surface area contributed by atoms with E-state index >= 15 is 0 Å². The van der Waals surface area contributed by atoms with Crippen LogP contribution in [-0.2, 0) is 0 Å². The quantitative estimate of drug-likeness (QED) is 0.866. The molecule has 18 heavy (non-hydrogen) atoms. The van der Waals surface area contributed by atoms with E-state index in [1.807, 2.05) is 38.1 Å². The smallest absolute Gasteiger partial charge is 0.261 e. The summed E-state index contributed by atoms with van der Waals surface area (Å²) in [5.41, 5.74) is 0.548. The lowest BCUT2D eigenvalue weighted by atomic mass is 10.1. The molecule has 0 aliphatic rings. The van der Waals surface area contributed by atoms with Crippen molar-refractivity contribution in [3.63, 3.8) is 0 Å². The van der Waals surface area contributed by atoms with Gasteiger partial charge in [-0.1, -0.05) is 32.0 Å². The van der Waals surface area contributed by atoms with Gasteiger partial charge in [-0.25, -0.2) is 0 Å². The van der Waals surface area contributed by atoms with E-state index in [4.69, 9.17) is 0 Å². The molecule has 0 radical (unpaired) electrons. The summed E-state index contributed by atoms with van der Waals surface area (Å²) < 4.78 is 0. The molecular weight excluding hydrogens is 228 g/mol. The monoisotopic (exact) mass is 244 g/mol. The number of aromatic amines is 1. The highest BCUT2D eigenvalue weighted by Crippen LogP contribution is 2.09. The number of nitrogens with one attached hydrogen (secondary N) is 2. The third kappa shape index (κ3) is 2.59. The highest BCUT2D eigenvalue weighted by Gasteiger charge is 2.11. The van der Waals surface area contributed by atoms with Crippen molar-refractivity contribution < 1.29 is 4.79 Å². The number of carbonyl (C=O) groups excluding carboxylic acids is 1. The van der Waals surface area contributed by atoms with Gasteiger partial charge < -0.3 is 10.3 Å². The Morgan fingerprint density at radius 2 is 2.06 bits per heavy atom. The molecule has 0 saturated carbocycles. The van der Waals surface area contributed by atoms with Crippen LogP contribution in [0.3, 0.4) is 0 Å². The maximum Gasteiger partial charge on any atom is 0.261 e. The number of pyridine rings is 1. The third-order valence-electron chi connectivity index (χ3n) is 2.67. The molecule has 2 N–H and O–H groups in total. The summed E-state index contributed by atoms with van der Waals surface area (Å²) in [4.78, 5) is 26.4. The van der Waals surface area contributed by atoms with Gasteiger partial charge in [0.2, 0.25) is 0 Å². The molecular formula is C14H16N2O2. The number of para-hydroxylation sites is 1. The van der Waals surface area contributed by atoms with Gasteiger partial charge in [-0.15, -0.1) is 0 Å². The van der Waals surface area contributed by atoms with Crippen LogP contribution in [0.1, 0.15) is 24.2 Å². The zero-order valence-electron chi connectivity index (χ0n) is 10.5. The first-order valence-corrected chi connectivity index (χ1v) is 5.98. The number of hydrogen-bond acceptors (Lipinski definition) is 2. The molecule has 0 fully saturated rings. The van der Waals surface area contributed by atoms with Crippen LogP contribution in [0.25, 0.3) is 10.9 Å². The predicted molar refractivity (Wildman–Crippen MR) is 71.7 cm³/mol. The average molecular weight is 244 g/mol. The Bertz CT molecular complexity index is 629. The number of amides is 1. The maximum atomic E-state index is 11.9.